The fourth-order valence-corrected chi connectivity index (χ4v) is 2.81. The Balaban J connectivity index is 0.00000169. The molecule has 0 fully saturated rings. The summed E-state index contributed by atoms with van der Waals surface area (Å²) in [5.74, 6) is 0. The molecule has 1 rings (SSSR count). The SMILES string of the molecule is FC(F)(F)c1cccc(Cl)c1[CH2][Zn+].[Br-]. The van der Waals surface area contributed by atoms with Crippen LogP contribution in [-0.2, 0) is 29.5 Å². The van der Waals surface area contributed by atoms with Gasteiger partial charge in [0.1, 0.15) is 0 Å². The van der Waals surface area contributed by atoms with Gasteiger partial charge in [0, 0.05) is 0 Å². The molecule has 0 heterocycles. The van der Waals surface area contributed by atoms with Crippen molar-refractivity contribution in [3.8, 4) is 0 Å². The zero-order chi connectivity index (χ0) is 10.1. The van der Waals surface area contributed by atoms with Crippen molar-refractivity contribution in [2.24, 2.45) is 0 Å². The molecular weight excluding hydrogens is 334 g/mol. The molecule has 0 aliphatic carbocycles. The molecule has 0 atom stereocenters. The van der Waals surface area contributed by atoms with E-state index in [4.69, 9.17) is 11.6 Å². The second-order valence-electron chi connectivity index (χ2n) is 2.51. The number of hydrogen-bond acceptors (Lipinski definition) is 0. The smallest absolute Gasteiger partial charge is 1.00 e. The molecular formula is C8H5BrClF3Zn. The summed E-state index contributed by atoms with van der Waals surface area (Å²) in [5.41, 5.74) is -0.386. The van der Waals surface area contributed by atoms with Gasteiger partial charge in [0.2, 0.25) is 0 Å². The maximum Gasteiger partial charge on any atom is -1.00 e. The van der Waals surface area contributed by atoms with Gasteiger partial charge >= 0.3 is 88.6 Å². The van der Waals surface area contributed by atoms with Crippen molar-refractivity contribution >= 4 is 11.6 Å². The minimum Gasteiger partial charge on any atom is -1.00 e. The number of halogens is 5. The number of alkyl halides is 3. The van der Waals surface area contributed by atoms with E-state index in [0.717, 1.165) is 24.4 Å². The fourth-order valence-electron chi connectivity index (χ4n) is 1.08. The quantitative estimate of drug-likeness (QED) is 0.651. The van der Waals surface area contributed by atoms with Gasteiger partial charge in [0.15, 0.2) is 0 Å². The molecule has 0 aliphatic rings. The van der Waals surface area contributed by atoms with Gasteiger partial charge in [0.25, 0.3) is 0 Å². The van der Waals surface area contributed by atoms with E-state index in [0.29, 0.717) is 5.02 Å². The average molecular weight is 339 g/mol. The summed E-state index contributed by atoms with van der Waals surface area (Å²) in [6, 6.07) is 3.88. The van der Waals surface area contributed by atoms with E-state index in [1.54, 1.807) is 0 Å². The van der Waals surface area contributed by atoms with Crippen molar-refractivity contribution in [2.75, 3.05) is 0 Å². The minimum absolute atomic E-state index is 0. The molecule has 0 aliphatic heterocycles. The molecule has 6 heteroatoms. The molecule has 0 unspecified atom stereocenters. The van der Waals surface area contributed by atoms with Crippen LogP contribution in [0.5, 0.6) is 0 Å². The number of hydrogen-bond donors (Lipinski definition) is 0. The van der Waals surface area contributed by atoms with Gasteiger partial charge in [-0.15, -0.1) is 0 Å². The summed E-state index contributed by atoms with van der Waals surface area (Å²) in [4.78, 5) is 0. The van der Waals surface area contributed by atoms with Crippen LogP contribution in [0.2, 0.25) is 5.02 Å². The van der Waals surface area contributed by atoms with Crippen LogP contribution < -0.4 is 17.0 Å². The van der Waals surface area contributed by atoms with Gasteiger partial charge in [-0.25, -0.2) is 0 Å². The first kappa shape index (κ1) is 14.4. The molecule has 0 bridgehead atoms. The summed E-state index contributed by atoms with van der Waals surface area (Å²) in [5, 5.41) is 0.621. The third kappa shape index (κ3) is 3.21. The Morgan fingerprint density at radius 2 is 1.86 bits per heavy atom. The standard InChI is InChI=1S/C8H5ClF3.BrH.Zn/c1-5-6(8(10,11)12)3-2-4-7(5)9;;/h2-4H,1H2;1H;/q;;+1/p-1. The first-order valence-electron chi connectivity index (χ1n) is 3.60. The van der Waals surface area contributed by atoms with E-state index in [9.17, 15) is 13.2 Å². The fraction of sp³-hybridized carbons (Fsp3) is 0.250. The Morgan fingerprint density at radius 1 is 1.29 bits per heavy atom. The topological polar surface area (TPSA) is 0 Å². The summed E-state index contributed by atoms with van der Waals surface area (Å²) in [7, 11) is 0. The van der Waals surface area contributed by atoms with E-state index in [1.807, 2.05) is 0 Å². The van der Waals surface area contributed by atoms with Crippen LogP contribution in [-0.4, -0.2) is 0 Å². The van der Waals surface area contributed by atoms with Crippen molar-refractivity contribution < 1.29 is 48.5 Å². The molecule has 1 aromatic carbocycles. The van der Waals surface area contributed by atoms with Crippen molar-refractivity contribution in [1.29, 1.82) is 0 Å². The molecule has 14 heavy (non-hydrogen) atoms. The van der Waals surface area contributed by atoms with Gasteiger partial charge < -0.3 is 17.0 Å². The van der Waals surface area contributed by atoms with Crippen molar-refractivity contribution in [3.05, 3.63) is 34.3 Å². The van der Waals surface area contributed by atoms with Crippen LogP contribution in [0.3, 0.4) is 0 Å². The molecule has 1 aromatic rings. The second-order valence-corrected chi connectivity index (χ2v) is 3.97. The molecule has 0 radical (unpaired) electrons. The molecule has 0 spiro atoms. The summed E-state index contributed by atoms with van der Waals surface area (Å²) in [6.07, 6.45) is -4.29. The third-order valence-electron chi connectivity index (χ3n) is 1.67. The third-order valence-corrected chi connectivity index (χ3v) is 3.08. The van der Waals surface area contributed by atoms with E-state index in [-0.39, 0.29) is 27.6 Å². The van der Waals surface area contributed by atoms with Crippen LogP contribution in [0.4, 0.5) is 13.2 Å². The summed E-state index contributed by atoms with van der Waals surface area (Å²) in [6.45, 7) is 0. The predicted octanol–water partition coefficient (Wildman–Crippen LogP) is 0.410. The number of benzene rings is 1. The van der Waals surface area contributed by atoms with Crippen molar-refractivity contribution in [1.82, 2.24) is 0 Å². The van der Waals surface area contributed by atoms with Gasteiger partial charge in [-0.3, -0.25) is 0 Å². The van der Waals surface area contributed by atoms with Gasteiger partial charge in [0.05, 0.1) is 0 Å². The van der Waals surface area contributed by atoms with Crippen LogP contribution in [0.15, 0.2) is 18.2 Å². The molecule has 0 N–H and O–H groups in total. The van der Waals surface area contributed by atoms with E-state index in [1.165, 1.54) is 12.1 Å². The molecule has 0 saturated carbocycles. The van der Waals surface area contributed by atoms with Gasteiger partial charge in [-0.1, -0.05) is 0 Å². The zero-order valence-electron chi connectivity index (χ0n) is 7.04. The van der Waals surface area contributed by atoms with Crippen LogP contribution in [0.1, 0.15) is 11.1 Å². The normalized spacial score (nSPS) is 11.0. The maximum absolute atomic E-state index is 12.4. The Hall–Kier alpha value is 0.403. The largest absolute Gasteiger partial charge is 1.00 e. The van der Waals surface area contributed by atoms with E-state index >= 15 is 0 Å². The number of rotatable bonds is 1. The zero-order valence-corrected chi connectivity index (χ0v) is 12.3. The Kier molecular flexibility index (Phi) is 5.63. The van der Waals surface area contributed by atoms with Gasteiger partial charge in [-0.2, -0.15) is 0 Å². The monoisotopic (exact) mass is 336 g/mol. The average Bonchev–Trinajstić information content (AvgIpc) is 2.02. The first-order valence-corrected chi connectivity index (χ1v) is 6.08. The van der Waals surface area contributed by atoms with Gasteiger partial charge in [-0.05, 0) is 0 Å². The second kappa shape index (κ2) is 5.48. The maximum atomic E-state index is 12.4. The first-order chi connectivity index (χ1) is 5.96. The van der Waals surface area contributed by atoms with Crippen molar-refractivity contribution in [3.63, 3.8) is 0 Å². The Morgan fingerprint density at radius 3 is 2.21 bits per heavy atom. The molecule has 0 saturated heterocycles. The summed E-state index contributed by atoms with van der Waals surface area (Å²) < 4.78 is 37.1. The molecule has 74 valence electrons. The molecule has 0 aromatic heterocycles. The summed E-state index contributed by atoms with van der Waals surface area (Å²) >= 11 is 6.43. The van der Waals surface area contributed by atoms with Crippen LogP contribution >= 0.6 is 11.6 Å². The van der Waals surface area contributed by atoms with Crippen molar-refractivity contribution in [2.45, 2.75) is 11.2 Å². The molecule has 0 nitrogen and oxygen atoms in total. The van der Waals surface area contributed by atoms with Crippen LogP contribution in [0, 0.1) is 0 Å². The molecule has 0 amide bonds. The van der Waals surface area contributed by atoms with E-state index < -0.39 is 11.7 Å². The minimum atomic E-state index is -4.29. The Labute approximate surface area is 105 Å². The Bertz CT molecular complexity index is 314. The van der Waals surface area contributed by atoms with Crippen LogP contribution in [0.25, 0.3) is 0 Å². The van der Waals surface area contributed by atoms with E-state index in [2.05, 4.69) is 0 Å². The predicted molar refractivity (Wildman–Crippen MR) is 40.2 cm³/mol.